The van der Waals surface area contributed by atoms with Crippen LogP contribution in [0.3, 0.4) is 0 Å². The van der Waals surface area contributed by atoms with Crippen molar-refractivity contribution in [2.45, 2.75) is 62.3 Å². The first-order valence-corrected chi connectivity index (χ1v) is 20.4. The van der Waals surface area contributed by atoms with Gasteiger partial charge in [-0.25, -0.2) is 9.97 Å². The molecule has 4 heteroatoms. The fraction of sp³-hybridized carbons (Fsp3) is 0.164. The first-order valence-electron chi connectivity index (χ1n) is 20.4. The molecule has 0 saturated heterocycles. The molecule has 7 aromatic rings. The highest BCUT2D eigenvalue weighted by molar-refractivity contribution is 6.01. The SMILES string of the molecule is C#Cc1ccc(-[13c]2c3ccc([nH]3)c(-c3c(C)cc(C)cc3C)c3nc(c(-c4c(C)cc(C)cc4C)c4nc(c(-c5c(C)cc(C)cc5C)c5ccc2[nH]5)C=C4)C=C3)cc1. The van der Waals surface area contributed by atoms with Gasteiger partial charge in [0.15, 0.2) is 0 Å². The van der Waals surface area contributed by atoms with E-state index in [1.165, 1.54) is 66.8 Å². The first-order chi connectivity index (χ1) is 28.4. The fourth-order valence-corrected chi connectivity index (χ4v) is 9.76. The van der Waals surface area contributed by atoms with E-state index in [9.17, 15) is 0 Å². The van der Waals surface area contributed by atoms with Crippen LogP contribution in [0.5, 0.6) is 0 Å². The Morgan fingerprint density at radius 2 is 0.678 bits per heavy atom. The van der Waals surface area contributed by atoms with Crippen LogP contribution in [-0.2, 0) is 0 Å². The van der Waals surface area contributed by atoms with Crippen LogP contribution in [-0.4, -0.2) is 19.9 Å². The lowest BCUT2D eigenvalue weighted by molar-refractivity contribution is 1.24. The molecule has 3 aromatic heterocycles. The van der Waals surface area contributed by atoms with Gasteiger partial charge in [-0.1, -0.05) is 71.1 Å². The molecule has 2 aliphatic heterocycles. The van der Waals surface area contributed by atoms with Gasteiger partial charge >= 0.3 is 0 Å². The van der Waals surface area contributed by atoms with Crippen LogP contribution in [0.25, 0.3) is 90.9 Å². The number of benzene rings is 4. The number of aryl methyl sites for hydroxylation is 9. The predicted molar refractivity (Wildman–Crippen MR) is 251 cm³/mol. The molecule has 288 valence electrons. The number of aromatic nitrogens is 4. The fourth-order valence-electron chi connectivity index (χ4n) is 9.76. The zero-order valence-corrected chi connectivity index (χ0v) is 35.4. The van der Waals surface area contributed by atoms with Crippen molar-refractivity contribution >= 4 is 46.4 Å². The molecule has 0 fully saturated rings. The van der Waals surface area contributed by atoms with Gasteiger partial charge in [0.1, 0.15) is 0 Å². The maximum Gasteiger partial charge on any atom is 0.0738 e. The molecule has 0 spiro atoms. The minimum absolute atomic E-state index is 0.840. The maximum atomic E-state index is 5.83. The number of nitrogens with zero attached hydrogens (tertiary/aromatic N) is 2. The van der Waals surface area contributed by atoms with Gasteiger partial charge in [0, 0.05) is 49.9 Å². The first kappa shape index (κ1) is 37.6. The highest BCUT2D eigenvalue weighted by Gasteiger charge is 2.23. The van der Waals surface area contributed by atoms with E-state index in [-0.39, 0.29) is 0 Å². The topological polar surface area (TPSA) is 57.4 Å². The molecule has 2 aliphatic rings. The summed E-state index contributed by atoms with van der Waals surface area (Å²) in [6.07, 6.45) is 14.6. The van der Waals surface area contributed by atoms with Crippen LogP contribution >= 0.6 is 0 Å². The standard InChI is InChI=1S/C55H48N4/c1-11-39-12-14-40(15-13-39)52-41-16-18-43(56-41)53(49-33(5)24-30(2)25-34(49)6)45-20-22-47(58-45)55(51-37(9)28-32(4)29-38(51)10)48-23-21-46(59-48)54(44-19-17-42(52)57-44)50-35(7)26-31(3)27-36(50)8/h1,12-29,56-57H,2-10H3/i52+1. The second-order valence-electron chi connectivity index (χ2n) is 16.5. The summed E-state index contributed by atoms with van der Waals surface area (Å²) in [6, 6.07) is 30.7. The van der Waals surface area contributed by atoms with Gasteiger partial charge in [-0.3, -0.25) is 0 Å². The predicted octanol–water partition coefficient (Wildman–Crippen LogP) is 14.1. The molecule has 59 heavy (non-hydrogen) atoms. The van der Waals surface area contributed by atoms with Gasteiger partial charge in [0.25, 0.3) is 0 Å². The molecule has 9 rings (SSSR count). The molecule has 0 atom stereocenters. The number of nitrogens with one attached hydrogen (secondary N) is 2. The van der Waals surface area contributed by atoms with Crippen molar-refractivity contribution in [3.05, 3.63) is 163 Å². The third kappa shape index (κ3) is 6.54. The number of H-pyrrole nitrogens is 2. The Morgan fingerprint density at radius 3 is 1.02 bits per heavy atom. The Kier molecular flexibility index (Phi) is 9.21. The molecule has 8 bridgehead atoms. The van der Waals surface area contributed by atoms with Gasteiger partial charge in [0.05, 0.1) is 22.8 Å². The van der Waals surface area contributed by atoms with E-state index in [0.717, 1.165) is 78.2 Å². The van der Waals surface area contributed by atoms with Crippen molar-refractivity contribution in [3.63, 3.8) is 0 Å². The normalized spacial score (nSPS) is 12.0. The van der Waals surface area contributed by atoms with Crippen molar-refractivity contribution in [2.24, 2.45) is 0 Å². The maximum absolute atomic E-state index is 5.83. The minimum Gasteiger partial charge on any atom is -0.354 e. The zero-order chi connectivity index (χ0) is 41.3. The Bertz CT molecular complexity index is 2960. The molecule has 0 unspecified atom stereocenters. The van der Waals surface area contributed by atoms with Crippen LogP contribution in [0.2, 0.25) is 0 Å². The van der Waals surface area contributed by atoms with Gasteiger partial charge in [0.2, 0.25) is 0 Å². The molecule has 0 saturated carbocycles. The number of hydrogen-bond donors (Lipinski definition) is 2. The second kappa shape index (κ2) is 14.5. The largest absolute Gasteiger partial charge is 0.354 e. The lowest BCUT2D eigenvalue weighted by atomic mass is 9.92. The summed E-state index contributed by atoms with van der Waals surface area (Å²) >= 11 is 0. The Balaban J connectivity index is 1.52. The number of terminal acetylenes is 1. The van der Waals surface area contributed by atoms with E-state index >= 15 is 0 Å². The summed E-state index contributed by atoms with van der Waals surface area (Å²) in [5.41, 5.74) is 28.1. The van der Waals surface area contributed by atoms with Crippen molar-refractivity contribution in [3.8, 4) is 56.9 Å². The second-order valence-corrected chi connectivity index (χ2v) is 16.5. The van der Waals surface area contributed by atoms with E-state index in [4.69, 9.17) is 16.4 Å². The summed E-state index contributed by atoms with van der Waals surface area (Å²) in [6.45, 7) is 19.7. The summed E-state index contributed by atoms with van der Waals surface area (Å²) < 4.78 is 0. The van der Waals surface area contributed by atoms with Crippen LogP contribution < -0.4 is 0 Å². The molecule has 2 N–H and O–H groups in total. The molecule has 4 nitrogen and oxygen atoms in total. The number of hydrogen-bond acceptors (Lipinski definition) is 2. The van der Waals surface area contributed by atoms with Crippen LogP contribution in [0.15, 0.2) is 84.9 Å². The van der Waals surface area contributed by atoms with E-state index < -0.39 is 0 Å². The Hall–Kier alpha value is -6.96. The van der Waals surface area contributed by atoms with Gasteiger partial charge in [-0.15, -0.1) is 6.42 Å². The monoisotopic (exact) mass is 765 g/mol. The molecule has 0 radical (unpaired) electrons. The van der Waals surface area contributed by atoms with E-state index in [1.807, 2.05) is 12.1 Å². The summed E-state index contributed by atoms with van der Waals surface area (Å²) in [7, 11) is 0. The van der Waals surface area contributed by atoms with Crippen LogP contribution in [0.1, 0.15) is 78.4 Å². The van der Waals surface area contributed by atoms with E-state index in [0.29, 0.717) is 0 Å². The zero-order valence-electron chi connectivity index (χ0n) is 35.4. The molecule has 4 aromatic carbocycles. The summed E-state index contributed by atoms with van der Waals surface area (Å²) in [4.78, 5) is 19.0. The Labute approximate surface area is 347 Å². The Morgan fingerprint density at radius 1 is 0.373 bits per heavy atom. The highest BCUT2D eigenvalue weighted by atomic mass is 14.8. The summed E-state index contributed by atoms with van der Waals surface area (Å²) in [5, 5.41) is 0. The lowest BCUT2D eigenvalue weighted by Crippen LogP contribution is -1.97. The van der Waals surface area contributed by atoms with Crippen LogP contribution in [0, 0.1) is 74.7 Å². The smallest absolute Gasteiger partial charge is 0.0738 e. The number of aromatic amines is 2. The number of rotatable bonds is 4. The molecular weight excluding hydrogens is 718 g/mol. The van der Waals surface area contributed by atoms with Crippen molar-refractivity contribution < 1.29 is 0 Å². The van der Waals surface area contributed by atoms with E-state index in [2.05, 4.69) is 175 Å². The van der Waals surface area contributed by atoms with Crippen LogP contribution in [0.4, 0.5) is 0 Å². The van der Waals surface area contributed by atoms with Crippen molar-refractivity contribution in [1.29, 1.82) is 0 Å². The molecule has 0 aliphatic carbocycles. The highest BCUT2D eigenvalue weighted by Crippen LogP contribution is 2.42. The van der Waals surface area contributed by atoms with Gasteiger partial charge < -0.3 is 9.97 Å². The van der Waals surface area contributed by atoms with Crippen molar-refractivity contribution in [1.82, 2.24) is 19.9 Å². The molecule has 0 amide bonds. The summed E-state index contributed by atoms with van der Waals surface area (Å²) in [5.74, 6) is 2.79. The molecule has 5 heterocycles. The van der Waals surface area contributed by atoms with Gasteiger partial charge in [-0.2, -0.15) is 0 Å². The third-order valence-electron chi connectivity index (χ3n) is 11.9. The van der Waals surface area contributed by atoms with Crippen molar-refractivity contribution in [2.75, 3.05) is 0 Å². The average Bonchev–Trinajstić information content (AvgIpc) is 4.02. The van der Waals surface area contributed by atoms with E-state index in [1.54, 1.807) is 0 Å². The molecular formula is C55H48N4. The number of fused-ring (bicyclic) bond motifs is 8. The minimum atomic E-state index is 0.840. The quantitative estimate of drug-likeness (QED) is 0.175. The lowest BCUT2D eigenvalue weighted by Gasteiger charge is -2.14. The van der Waals surface area contributed by atoms with Gasteiger partial charge in [-0.05, 0) is 179 Å². The third-order valence-corrected chi connectivity index (χ3v) is 11.9. The average molecular weight is 766 g/mol.